The molecule has 0 aromatic heterocycles. The number of aliphatic carboxylic acids is 1. The standard InChI is InChI=1S/C16H17NO4/c18-8-9-2-1-3-12(6-9)17-15(19)13-10-4-5-11(7-10)14(13)16(20)21/h1-6,10-11,13-14,18H,7-8H2,(H,17,19)(H,20,21)/t10-,11-,13+,14+/m0/s1. The summed E-state index contributed by atoms with van der Waals surface area (Å²) in [7, 11) is 0. The summed E-state index contributed by atoms with van der Waals surface area (Å²) in [5, 5.41) is 21.2. The van der Waals surface area contributed by atoms with Crippen LogP contribution in [0, 0.1) is 23.7 Å². The van der Waals surface area contributed by atoms with Gasteiger partial charge in [0.25, 0.3) is 0 Å². The largest absolute Gasteiger partial charge is 0.481 e. The lowest BCUT2D eigenvalue weighted by Crippen LogP contribution is -2.36. The number of carboxylic acids is 1. The van der Waals surface area contributed by atoms with E-state index in [0.29, 0.717) is 11.3 Å². The molecule has 0 aliphatic heterocycles. The van der Waals surface area contributed by atoms with Gasteiger partial charge in [-0.05, 0) is 36.0 Å². The summed E-state index contributed by atoms with van der Waals surface area (Å²) < 4.78 is 0. The number of benzene rings is 1. The Morgan fingerprint density at radius 1 is 1.19 bits per heavy atom. The van der Waals surface area contributed by atoms with Crippen LogP contribution < -0.4 is 5.32 Å². The van der Waals surface area contributed by atoms with Crippen LogP contribution in [0.15, 0.2) is 36.4 Å². The summed E-state index contributed by atoms with van der Waals surface area (Å²) >= 11 is 0. The Kier molecular flexibility index (Phi) is 3.51. The Hall–Kier alpha value is -2.14. The van der Waals surface area contributed by atoms with Gasteiger partial charge < -0.3 is 15.5 Å². The van der Waals surface area contributed by atoms with Gasteiger partial charge >= 0.3 is 5.97 Å². The van der Waals surface area contributed by atoms with E-state index in [-0.39, 0.29) is 24.3 Å². The lowest BCUT2D eigenvalue weighted by molar-refractivity contribution is -0.146. The van der Waals surface area contributed by atoms with Gasteiger partial charge in [-0.15, -0.1) is 0 Å². The number of carbonyl (C=O) groups excluding carboxylic acids is 1. The maximum atomic E-state index is 12.4. The monoisotopic (exact) mass is 287 g/mol. The molecule has 5 nitrogen and oxygen atoms in total. The van der Waals surface area contributed by atoms with Gasteiger partial charge in [-0.2, -0.15) is 0 Å². The second-order valence-electron chi connectivity index (χ2n) is 5.69. The Labute approximate surface area is 122 Å². The Bertz CT molecular complexity index is 610. The van der Waals surface area contributed by atoms with Gasteiger partial charge in [-0.25, -0.2) is 0 Å². The first kappa shape index (κ1) is 13.8. The molecule has 0 unspecified atom stereocenters. The van der Waals surface area contributed by atoms with Crippen molar-refractivity contribution in [3.63, 3.8) is 0 Å². The maximum absolute atomic E-state index is 12.4. The number of amides is 1. The molecular formula is C16H17NO4. The first-order valence-electron chi connectivity index (χ1n) is 7.02. The first-order chi connectivity index (χ1) is 10.1. The van der Waals surface area contributed by atoms with Crippen LogP contribution in [-0.2, 0) is 16.2 Å². The van der Waals surface area contributed by atoms with E-state index >= 15 is 0 Å². The summed E-state index contributed by atoms with van der Waals surface area (Å²) in [6.07, 6.45) is 4.61. The zero-order valence-electron chi connectivity index (χ0n) is 11.4. The Morgan fingerprint density at radius 3 is 2.57 bits per heavy atom. The lowest BCUT2D eigenvalue weighted by atomic mass is 9.82. The average Bonchev–Trinajstić information content (AvgIpc) is 3.07. The zero-order chi connectivity index (χ0) is 15.0. The van der Waals surface area contributed by atoms with Gasteiger partial charge in [0.2, 0.25) is 5.91 Å². The summed E-state index contributed by atoms with van der Waals surface area (Å²) in [6, 6.07) is 6.93. The van der Waals surface area contributed by atoms with E-state index < -0.39 is 17.8 Å². The minimum absolute atomic E-state index is 0.0112. The minimum atomic E-state index is -0.906. The molecule has 3 N–H and O–H groups in total. The molecule has 0 heterocycles. The van der Waals surface area contributed by atoms with Crippen molar-refractivity contribution in [2.45, 2.75) is 13.0 Å². The van der Waals surface area contributed by atoms with Crippen LogP contribution in [0.25, 0.3) is 0 Å². The molecule has 21 heavy (non-hydrogen) atoms. The fraction of sp³-hybridized carbons (Fsp3) is 0.375. The third-order valence-electron chi connectivity index (χ3n) is 4.42. The number of aliphatic hydroxyl groups is 1. The van der Waals surface area contributed by atoms with Crippen molar-refractivity contribution in [1.82, 2.24) is 0 Å². The highest BCUT2D eigenvalue weighted by Crippen LogP contribution is 2.48. The highest BCUT2D eigenvalue weighted by Gasteiger charge is 2.51. The van der Waals surface area contributed by atoms with E-state index in [1.165, 1.54) is 0 Å². The van der Waals surface area contributed by atoms with Crippen molar-refractivity contribution in [3.05, 3.63) is 42.0 Å². The predicted octanol–water partition coefficient (Wildman–Crippen LogP) is 1.64. The van der Waals surface area contributed by atoms with Gasteiger partial charge in [0.1, 0.15) is 0 Å². The quantitative estimate of drug-likeness (QED) is 0.735. The average molecular weight is 287 g/mol. The molecule has 110 valence electrons. The van der Waals surface area contributed by atoms with Crippen LogP contribution in [-0.4, -0.2) is 22.1 Å². The maximum Gasteiger partial charge on any atom is 0.307 e. The Morgan fingerprint density at radius 2 is 1.90 bits per heavy atom. The predicted molar refractivity (Wildman–Crippen MR) is 76.3 cm³/mol. The van der Waals surface area contributed by atoms with Crippen LogP contribution in [0.5, 0.6) is 0 Å². The van der Waals surface area contributed by atoms with E-state index in [0.717, 1.165) is 6.42 Å². The van der Waals surface area contributed by atoms with Crippen LogP contribution in [0.2, 0.25) is 0 Å². The van der Waals surface area contributed by atoms with E-state index in [1.54, 1.807) is 24.3 Å². The molecule has 1 saturated carbocycles. The lowest BCUT2D eigenvalue weighted by Gasteiger charge is -2.23. The molecular weight excluding hydrogens is 270 g/mol. The van der Waals surface area contributed by atoms with E-state index in [4.69, 9.17) is 5.11 Å². The summed E-state index contributed by atoms with van der Waals surface area (Å²) in [6.45, 7) is -0.0989. The van der Waals surface area contributed by atoms with Crippen molar-refractivity contribution < 1.29 is 19.8 Å². The number of carboxylic acid groups (broad SMARTS) is 1. The molecule has 1 aromatic rings. The van der Waals surface area contributed by atoms with Gasteiger partial charge in [-0.3, -0.25) is 9.59 Å². The van der Waals surface area contributed by atoms with E-state index in [9.17, 15) is 14.7 Å². The summed E-state index contributed by atoms with van der Waals surface area (Å²) in [5.74, 6) is -2.34. The molecule has 0 saturated heterocycles. The van der Waals surface area contributed by atoms with Gasteiger partial charge in [0, 0.05) is 5.69 Å². The van der Waals surface area contributed by atoms with Crippen LogP contribution in [0.4, 0.5) is 5.69 Å². The molecule has 2 aliphatic carbocycles. The van der Waals surface area contributed by atoms with E-state index in [2.05, 4.69) is 5.32 Å². The zero-order valence-corrected chi connectivity index (χ0v) is 11.4. The molecule has 2 bridgehead atoms. The van der Waals surface area contributed by atoms with Crippen molar-refractivity contribution in [1.29, 1.82) is 0 Å². The summed E-state index contributed by atoms with van der Waals surface area (Å²) in [4.78, 5) is 23.9. The molecule has 1 aromatic carbocycles. The fourth-order valence-corrected chi connectivity index (χ4v) is 3.49. The van der Waals surface area contributed by atoms with Crippen molar-refractivity contribution in [2.24, 2.45) is 23.7 Å². The third-order valence-corrected chi connectivity index (χ3v) is 4.42. The number of nitrogens with one attached hydrogen (secondary N) is 1. The number of carbonyl (C=O) groups is 2. The smallest absolute Gasteiger partial charge is 0.307 e. The molecule has 5 heteroatoms. The number of hydrogen-bond acceptors (Lipinski definition) is 3. The topological polar surface area (TPSA) is 86.6 Å². The van der Waals surface area contributed by atoms with Crippen molar-refractivity contribution >= 4 is 17.6 Å². The van der Waals surface area contributed by atoms with Gasteiger partial charge in [-0.1, -0.05) is 24.3 Å². The minimum Gasteiger partial charge on any atom is -0.481 e. The highest BCUT2D eigenvalue weighted by atomic mass is 16.4. The third kappa shape index (κ3) is 2.45. The number of anilines is 1. The van der Waals surface area contributed by atoms with E-state index in [1.807, 2.05) is 12.2 Å². The number of hydrogen-bond donors (Lipinski definition) is 3. The molecule has 3 rings (SSSR count). The van der Waals surface area contributed by atoms with Gasteiger partial charge in [0.05, 0.1) is 18.4 Å². The highest BCUT2D eigenvalue weighted by molar-refractivity contribution is 5.96. The molecule has 0 spiro atoms. The van der Waals surface area contributed by atoms with Crippen molar-refractivity contribution in [3.8, 4) is 0 Å². The number of aliphatic hydroxyl groups excluding tert-OH is 1. The SMILES string of the molecule is O=C(O)[C@H]1[C@H](C(=O)Nc2cccc(CO)c2)[C@H]2C=C[C@H]1C2. The molecule has 4 atom stereocenters. The molecule has 1 amide bonds. The van der Waals surface area contributed by atoms with Gasteiger partial charge in [0.15, 0.2) is 0 Å². The first-order valence-corrected chi connectivity index (χ1v) is 7.02. The van der Waals surface area contributed by atoms with Crippen LogP contribution in [0.1, 0.15) is 12.0 Å². The number of rotatable bonds is 4. The molecule has 0 radical (unpaired) electrons. The Balaban J connectivity index is 1.78. The normalized spacial score (nSPS) is 29.6. The second-order valence-corrected chi connectivity index (χ2v) is 5.69. The number of fused-ring (bicyclic) bond motifs is 2. The molecule has 1 fully saturated rings. The fourth-order valence-electron chi connectivity index (χ4n) is 3.49. The summed E-state index contributed by atoms with van der Waals surface area (Å²) in [5.41, 5.74) is 1.29. The molecule has 2 aliphatic rings. The van der Waals surface area contributed by atoms with Crippen LogP contribution in [0.3, 0.4) is 0 Å². The van der Waals surface area contributed by atoms with Crippen molar-refractivity contribution in [2.75, 3.05) is 5.32 Å². The second kappa shape index (κ2) is 5.33. The van der Waals surface area contributed by atoms with Crippen LogP contribution >= 0.6 is 0 Å². The number of allylic oxidation sites excluding steroid dienone is 2.